The summed E-state index contributed by atoms with van der Waals surface area (Å²) < 4.78 is 5.61. The van der Waals surface area contributed by atoms with Crippen LogP contribution in [0, 0.1) is 0 Å². The minimum atomic E-state index is 0.0901. The number of benzene rings is 1. The fraction of sp³-hybridized carbons (Fsp3) is 0.357. The summed E-state index contributed by atoms with van der Waals surface area (Å²) in [5.41, 5.74) is 0.866. The minimum Gasteiger partial charge on any atom is -0.459 e. The molecule has 0 radical (unpaired) electrons. The van der Waals surface area contributed by atoms with Crippen LogP contribution < -0.4 is 5.32 Å². The SMILES string of the molecule is CCCCC(=O)NCc1cc2ccccc2o1. The molecule has 1 aromatic carbocycles. The Balaban J connectivity index is 1.92. The van der Waals surface area contributed by atoms with E-state index in [0.717, 1.165) is 29.6 Å². The van der Waals surface area contributed by atoms with E-state index in [1.807, 2.05) is 30.3 Å². The van der Waals surface area contributed by atoms with Crippen molar-refractivity contribution in [3.63, 3.8) is 0 Å². The van der Waals surface area contributed by atoms with Gasteiger partial charge >= 0.3 is 0 Å². The maximum Gasteiger partial charge on any atom is 0.220 e. The number of fused-ring (bicyclic) bond motifs is 1. The number of unbranched alkanes of at least 4 members (excludes halogenated alkanes) is 1. The molecular formula is C14H17NO2. The summed E-state index contributed by atoms with van der Waals surface area (Å²) in [6.07, 6.45) is 2.57. The van der Waals surface area contributed by atoms with Crippen LogP contribution in [-0.2, 0) is 11.3 Å². The highest BCUT2D eigenvalue weighted by Gasteiger charge is 2.05. The Hall–Kier alpha value is -1.77. The van der Waals surface area contributed by atoms with Crippen LogP contribution in [0.5, 0.6) is 0 Å². The fourth-order valence-corrected chi connectivity index (χ4v) is 1.74. The lowest BCUT2D eigenvalue weighted by atomic mass is 10.2. The molecule has 0 aliphatic carbocycles. The molecule has 17 heavy (non-hydrogen) atoms. The molecule has 0 bridgehead atoms. The average Bonchev–Trinajstić information content (AvgIpc) is 2.76. The molecule has 0 spiro atoms. The molecule has 2 rings (SSSR count). The number of hydrogen-bond donors (Lipinski definition) is 1. The quantitative estimate of drug-likeness (QED) is 0.858. The van der Waals surface area contributed by atoms with Crippen molar-refractivity contribution < 1.29 is 9.21 Å². The van der Waals surface area contributed by atoms with Crippen LogP contribution in [0.3, 0.4) is 0 Å². The summed E-state index contributed by atoms with van der Waals surface area (Å²) in [7, 11) is 0. The van der Waals surface area contributed by atoms with Gasteiger partial charge in [0.2, 0.25) is 5.91 Å². The molecule has 0 aliphatic heterocycles. The van der Waals surface area contributed by atoms with Gasteiger partial charge in [-0.3, -0.25) is 4.79 Å². The number of carbonyl (C=O) groups is 1. The Morgan fingerprint density at radius 1 is 1.35 bits per heavy atom. The van der Waals surface area contributed by atoms with Crippen LogP contribution in [0.25, 0.3) is 11.0 Å². The first-order valence-corrected chi connectivity index (χ1v) is 6.03. The van der Waals surface area contributed by atoms with Crippen LogP contribution >= 0.6 is 0 Å². The van der Waals surface area contributed by atoms with Crippen molar-refractivity contribution >= 4 is 16.9 Å². The molecule has 0 aliphatic rings. The second-order valence-corrected chi connectivity index (χ2v) is 4.13. The van der Waals surface area contributed by atoms with E-state index >= 15 is 0 Å². The highest BCUT2D eigenvalue weighted by molar-refractivity contribution is 5.78. The molecule has 3 nitrogen and oxygen atoms in total. The number of rotatable bonds is 5. The Bertz CT molecular complexity index is 469. The van der Waals surface area contributed by atoms with E-state index in [1.54, 1.807) is 0 Å². The van der Waals surface area contributed by atoms with Crippen molar-refractivity contribution in [3.8, 4) is 0 Å². The summed E-state index contributed by atoms with van der Waals surface area (Å²) >= 11 is 0. The first-order chi connectivity index (χ1) is 8.29. The molecule has 1 aromatic heterocycles. The first kappa shape index (κ1) is 11.7. The zero-order valence-electron chi connectivity index (χ0n) is 10.0. The van der Waals surface area contributed by atoms with Gasteiger partial charge in [-0.15, -0.1) is 0 Å². The van der Waals surface area contributed by atoms with Gasteiger partial charge in [0.25, 0.3) is 0 Å². The fourth-order valence-electron chi connectivity index (χ4n) is 1.74. The molecule has 0 atom stereocenters. The molecule has 1 amide bonds. The van der Waals surface area contributed by atoms with Crippen molar-refractivity contribution in [2.75, 3.05) is 0 Å². The van der Waals surface area contributed by atoms with Gasteiger partial charge in [-0.2, -0.15) is 0 Å². The topological polar surface area (TPSA) is 42.2 Å². The number of furan rings is 1. The zero-order valence-corrected chi connectivity index (χ0v) is 10.0. The summed E-state index contributed by atoms with van der Waals surface area (Å²) in [6.45, 7) is 2.55. The lowest BCUT2D eigenvalue weighted by Crippen LogP contribution is -2.21. The van der Waals surface area contributed by atoms with E-state index in [2.05, 4.69) is 12.2 Å². The second kappa shape index (κ2) is 5.53. The van der Waals surface area contributed by atoms with Gasteiger partial charge in [-0.1, -0.05) is 31.5 Å². The summed E-state index contributed by atoms with van der Waals surface area (Å²) in [6, 6.07) is 9.81. The maximum atomic E-state index is 11.4. The lowest BCUT2D eigenvalue weighted by Gasteiger charge is -2.01. The van der Waals surface area contributed by atoms with Gasteiger partial charge in [0.15, 0.2) is 0 Å². The van der Waals surface area contributed by atoms with E-state index < -0.39 is 0 Å². The van der Waals surface area contributed by atoms with E-state index in [1.165, 1.54) is 0 Å². The van der Waals surface area contributed by atoms with E-state index in [4.69, 9.17) is 4.42 Å². The maximum absolute atomic E-state index is 11.4. The largest absolute Gasteiger partial charge is 0.459 e. The van der Waals surface area contributed by atoms with Crippen molar-refractivity contribution in [2.24, 2.45) is 0 Å². The molecule has 2 aromatic rings. The normalized spacial score (nSPS) is 10.6. The van der Waals surface area contributed by atoms with Gasteiger partial charge in [0.05, 0.1) is 6.54 Å². The number of nitrogens with one attached hydrogen (secondary N) is 1. The molecule has 90 valence electrons. The van der Waals surface area contributed by atoms with Gasteiger partial charge in [0.1, 0.15) is 11.3 Å². The monoisotopic (exact) mass is 231 g/mol. The van der Waals surface area contributed by atoms with Crippen LogP contribution in [0.15, 0.2) is 34.7 Å². The number of para-hydroxylation sites is 1. The molecule has 0 saturated heterocycles. The number of carbonyl (C=O) groups excluding carboxylic acids is 1. The smallest absolute Gasteiger partial charge is 0.220 e. The average molecular weight is 231 g/mol. The summed E-state index contributed by atoms with van der Waals surface area (Å²) in [4.78, 5) is 11.4. The number of amides is 1. The molecule has 0 fully saturated rings. The highest BCUT2D eigenvalue weighted by Crippen LogP contribution is 2.18. The summed E-state index contributed by atoms with van der Waals surface area (Å²) in [5.74, 6) is 0.892. The van der Waals surface area contributed by atoms with Gasteiger partial charge in [-0.25, -0.2) is 0 Å². The van der Waals surface area contributed by atoms with Gasteiger partial charge < -0.3 is 9.73 Å². The first-order valence-electron chi connectivity index (χ1n) is 6.03. The zero-order chi connectivity index (χ0) is 12.1. The predicted octanol–water partition coefficient (Wildman–Crippen LogP) is 3.24. The standard InChI is InChI=1S/C14H17NO2/c1-2-3-8-14(16)15-10-12-9-11-6-4-5-7-13(11)17-12/h4-7,9H,2-3,8,10H2,1H3,(H,15,16). The molecule has 1 heterocycles. The van der Waals surface area contributed by atoms with E-state index in [-0.39, 0.29) is 5.91 Å². The molecule has 0 unspecified atom stereocenters. The third-order valence-corrected chi connectivity index (χ3v) is 2.69. The summed E-state index contributed by atoms with van der Waals surface area (Å²) in [5, 5.41) is 3.94. The third kappa shape index (κ3) is 3.09. The van der Waals surface area contributed by atoms with E-state index in [9.17, 15) is 4.79 Å². The van der Waals surface area contributed by atoms with Crippen LogP contribution in [-0.4, -0.2) is 5.91 Å². The van der Waals surface area contributed by atoms with E-state index in [0.29, 0.717) is 13.0 Å². The molecular weight excluding hydrogens is 214 g/mol. The lowest BCUT2D eigenvalue weighted by molar-refractivity contribution is -0.121. The Kier molecular flexibility index (Phi) is 3.81. The van der Waals surface area contributed by atoms with Crippen LogP contribution in [0.2, 0.25) is 0 Å². The van der Waals surface area contributed by atoms with Crippen LogP contribution in [0.1, 0.15) is 31.9 Å². The number of hydrogen-bond acceptors (Lipinski definition) is 2. The predicted molar refractivity (Wildman–Crippen MR) is 67.6 cm³/mol. The molecule has 0 saturated carbocycles. The third-order valence-electron chi connectivity index (χ3n) is 2.69. The van der Waals surface area contributed by atoms with Crippen molar-refractivity contribution in [1.29, 1.82) is 0 Å². The highest BCUT2D eigenvalue weighted by atomic mass is 16.3. The van der Waals surface area contributed by atoms with Crippen molar-refractivity contribution in [2.45, 2.75) is 32.7 Å². The van der Waals surface area contributed by atoms with Gasteiger partial charge in [-0.05, 0) is 18.6 Å². The van der Waals surface area contributed by atoms with Gasteiger partial charge in [0, 0.05) is 11.8 Å². The molecule has 1 N–H and O–H groups in total. The van der Waals surface area contributed by atoms with Crippen LogP contribution in [0.4, 0.5) is 0 Å². The molecule has 3 heteroatoms. The van der Waals surface area contributed by atoms with Crippen molar-refractivity contribution in [1.82, 2.24) is 5.32 Å². The van der Waals surface area contributed by atoms with Crippen molar-refractivity contribution in [3.05, 3.63) is 36.1 Å². The second-order valence-electron chi connectivity index (χ2n) is 4.13. The Morgan fingerprint density at radius 3 is 2.94 bits per heavy atom. The Labute approximate surface area is 101 Å². The Morgan fingerprint density at radius 2 is 2.18 bits per heavy atom. The minimum absolute atomic E-state index is 0.0901.